The Balaban J connectivity index is 0.00000220. The summed E-state index contributed by atoms with van der Waals surface area (Å²) < 4.78 is 34.7. The third kappa shape index (κ3) is 4.08. The van der Waals surface area contributed by atoms with Crippen molar-refractivity contribution in [3.8, 4) is 0 Å². The molecule has 2 aromatic rings. The van der Waals surface area contributed by atoms with E-state index >= 15 is 0 Å². The van der Waals surface area contributed by atoms with Gasteiger partial charge < -0.3 is 4.55 Å². The summed E-state index contributed by atoms with van der Waals surface area (Å²) in [6.07, 6.45) is 3.15. The van der Waals surface area contributed by atoms with Crippen molar-refractivity contribution in [1.29, 1.82) is 0 Å². The van der Waals surface area contributed by atoms with Crippen molar-refractivity contribution in [2.24, 2.45) is 0 Å². The zero-order valence-corrected chi connectivity index (χ0v) is 15.7. The zero-order chi connectivity index (χ0) is 14.8. The molecule has 0 saturated heterocycles. The number of benzene rings is 2. The van der Waals surface area contributed by atoms with Crippen LogP contribution in [0.15, 0.2) is 35.2 Å². The minimum atomic E-state index is -4.44. The van der Waals surface area contributed by atoms with Gasteiger partial charge in [0.15, 0.2) is 0 Å². The predicted octanol–water partition coefficient (Wildman–Crippen LogP) is 0.653. The van der Waals surface area contributed by atoms with E-state index < -0.39 is 10.1 Å². The van der Waals surface area contributed by atoms with Gasteiger partial charge in [-0.3, -0.25) is 0 Å². The molecule has 0 amide bonds. The van der Waals surface area contributed by atoms with E-state index in [0.717, 1.165) is 35.6 Å². The quantitative estimate of drug-likeness (QED) is 0.601. The molecule has 0 aliphatic rings. The molecule has 5 heteroatoms. The molecular formula is C16H19NaO3S. The summed E-state index contributed by atoms with van der Waals surface area (Å²) in [6.45, 7) is 4.05. The van der Waals surface area contributed by atoms with Crippen molar-refractivity contribution in [1.82, 2.24) is 0 Å². The first-order valence-corrected chi connectivity index (χ1v) is 8.39. The first-order valence-electron chi connectivity index (χ1n) is 6.98. The molecule has 108 valence electrons. The molecule has 0 unspecified atom stereocenters. The van der Waals surface area contributed by atoms with E-state index in [-0.39, 0.29) is 34.5 Å². The van der Waals surface area contributed by atoms with Crippen LogP contribution in [0.1, 0.15) is 37.8 Å². The third-order valence-electron chi connectivity index (χ3n) is 3.50. The normalized spacial score (nSPS) is 11.4. The van der Waals surface area contributed by atoms with Crippen LogP contribution in [0.2, 0.25) is 0 Å². The van der Waals surface area contributed by atoms with Crippen molar-refractivity contribution < 1.29 is 42.5 Å². The second-order valence-corrected chi connectivity index (χ2v) is 6.36. The monoisotopic (exact) mass is 314 g/mol. The van der Waals surface area contributed by atoms with Crippen molar-refractivity contribution in [3.63, 3.8) is 0 Å². The fourth-order valence-electron chi connectivity index (χ4n) is 2.72. The van der Waals surface area contributed by atoms with Crippen LogP contribution in [0.3, 0.4) is 0 Å². The van der Waals surface area contributed by atoms with Gasteiger partial charge in [-0.05, 0) is 40.8 Å². The van der Waals surface area contributed by atoms with Crippen LogP contribution in [0, 0.1) is 0 Å². The second kappa shape index (κ2) is 7.75. The molecule has 0 aliphatic carbocycles. The minimum Gasteiger partial charge on any atom is -0.744 e. The number of hydrogen-bond donors (Lipinski definition) is 0. The van der Waals surface area contributed by atoms with Gasteiger partial charge in [-0.1, -0.05) is 51.0 Å². The molecule has 2 aromatic carbocycles. The zero-order valence-electron chi connectivity index (χ0n) is 12.8. The Bertz CT molecular complexity index is 724. The summed E-state index contributed by atoms with van der Waals surface area (Å²) in [6, 6.07) is 9.20. The van der Waals surface area contributed by atoms with Crippen LogP contribution in [-0.2, 0) is 23.0 Å². The smallest absolute Gasteiger partial charge is 0.744 e. The van der Waals surface area contributed by atoms with Crippen LogP contribution in [-0.4, -0.2) is 13.0 Å². The van der Waals surface area contributed by atoms with Crippen molar-refractivity contribution >= 4 is 20.9 Å². The van der Waals surface area contributed by atoms with Gasteiger partial charge in [-0.15, -0.1) is 0 Å². The minimum absolute atomic E-state index is 0. The topological polar surface area (TPSA) is 57.2 Å². The van der Waals surface area contributed by atoms with Crippen LogP contribution in [0.5, 0.6) is 0 Å². The maximum atomic E-state index is 11.6. The summed E-state index contributed by atoms with van der Waals surface area (Å²) in [5, 5.41) is 1.88. The van der Waals surface area contributed by atoms with E-state index in [2.05, 4.69) is 6.92 Å². The fourth-order valence-corrected chi connectivity index (χ4v) is 3.52. The summed E-state index contributed by atoms with van der Waals surface area (Å²) >= 11 is 0. The molecular weight excluding hydrogens is 295 g/mol. The number of aryl methyl sites for hydroxylation is 1. The number of hydrogen-bond acceptors (Lipinski definition) is 3. The SMILES string of the molecule is CCCc1c(S(=O)(=O)[O-])cc2ccccc2c1CCC.[Na+]. The maximum absolute atomic E-state index is 11.6. The average Bonchev–Trinajstić information content (AvgIpc) is 2.40. The molecule has 0 heterocycles. The first-order chi connectivity index (χ1) is 9.49. The molecule has 0 N–H and O–H groups in total. The summed E-state index contributed by atoms with van der Waals surface area (Å²) in [7, 11) is -4.44. The van der Waals surface area contributed by atoms with Crippen molar-refractivity contribution in [3.05, 3.63) is 41.5 Å². The Morgan fingerprint density at radius 3 is 2.14 bits per heavy atom. The predicted molar refractivity (Wildman–Crippen MR) is 79.9 cm³/mol. The Kier molecular flexibility index (Phi) is 6.88. The Morgan fingerprint density at radius 2 is 1.57 bits per heavy atom. The summed E-state index contributed by atoms with van der Waals surface area (Å²) in [5.41, 5.74) is 1.73. The van der Waals surface area contributed by atoms with Gasteiger partial charge in [0.05, 0.1) is 4.90 Å². The Morgan fingerprint density at radius 1 is 1.00 bits per heavy atom. The number of rotatable bonds is 5. The Hall–Kier alpha value is -0.390. The van der Waals surface area contributed by atoms with E-state index in [4.69, 9.17) is 0 Å². The molecule has 0 spiro atoms. The molecule has 0 atom stereocenters. The largest absolute Gasteiger partial charge is 1.00 e. The van der Waals surface area contributed by atoms with Gasteiger partial charge in [-0.2, -0.15) is 0 Å². The van der Waals surface area contributed by atoms with E-state index in [0.29, 0.717) is 12.0 Å². The van der Waals surface area contributed by atoms with E-state index in [1.165, 1.54) is 6.07 Å². The maximum Gasteiger partial charge on any atom is 1.00 e. The van der Waals surface area contributed by atoms with E-state index in [1.54, 1.807) is 0 Å². The van der Waals surface area contributed by atoms with E-state index in [1.807, 2.05) is 31.2 Å². The molecule has 3 nitrogen and oxygen atoms in total. The molecule has 2 rings (SSSR count). The van der Waals surface area contributed by atoms with Crippen LogP contribution >= 0.6 is 0 Å². The van der Waals surface area contributed by atoms with Gasteiger partial charge in [0, 0.05) is 0 Å². The van der Waals surface area contributed by atoms with Gasteiger partial charge in [-0.25, -0.2) is 8.42 Å². The van der Waals surface area contributed by atoms with Crippen LogP contribution in [0.25, 0.3) is 10.8 Å². The summed E-state index contributed by atoms with van der Waals surface area (Å²) in [4.78, 5) is -0.0403. The van der Waals surface area contributed by atoms with Crippen LogP contribution < -0.4 is 29.6 Å². The average molecular weight is 314 g/mol. The van der Waals surface area contributed by atoms with Gasteiger partial charge in [0.2, 0.25) is 0 Å². The van der Waals surface area contributed by atoms with Crippen LogP contribution in [0.4, 0.5) is 0 Å². The van der Waals surface area contributed by atoms with Crippen molar-refractivity contribution in [2.75, 3.05) is 0 Å². The van der Waals surface area contributed by atoms with Gasteiger partial charge in [0.1, 0.15) is 10.1 Å². The standard InChI is InChI=1S/C16H20O3S.Na/c1-3-7-14-13-10-6-5-9-12(13)11-16(20(17,18)19)15(14)8-4-2;/h5-6,9-11H,3-4,7-8H2,1-2H3,(H,17,18,19);/q;+1/p-1. The molecule has 0 radical (unpaired) electrons. The molecule has 0 bridgehead atoms. The third-order valence-corrected chi connectivity index (χ3v) is 4.41. The van der Waals surface area contributed by atoms with Gasteiger partial charge >= 0.3 is 29.6 Å². The molecule has 0 aliphatic heterocycles. The molecule has 21 heavy (non-hydrogen) atoms. The van der Waals surface area contributed by atoms with Gasteiger partial charge in [0.25, 0.3) is 0 Å². The summed E-state index contributed by atoms with van der Waals surface area (Å²) in [5.74, 6) is 0. The molecule has 0 saturated carbocycles. The van der Waals surface area contributed by atoms with Crippen molar-refractivity contribution in [2.45, 2.75) is 44.4 Å². The molecule has 0 fully saturated rings. The second-order valence-electron chi connectivity index (χ2n) is 5.01. The molecule has 0 aromatic heterocycles. The number of fused-ring (bicyclic) bond motifs is 1. The van der Waals surface area contributed by atoms with E-state index in [9.17, 15) is 13.0 Å². The first kappa shape index (κ1) is 18.7. The Labute approximate surface area is 148 Å². The fraction of sp³-hybridized carbons (Fsp3) is 0.375.